The van der Waals surface area contributed by atoms with Crippen LogP contribution in [0.1, 0.15) is 25.1 Å². The number of aromatic nitrogens is 5. The van der Waals surface area contributed by atoms with Gasteiger partial charge in [-0.2, -0.15) is 10.1 Å². The first-order valence-electron chi connectivity index (χ1n) is 10.3. The van der Waals surface area contributed by atoms with Gasteiger partial charge in [-0.05, 0) is 42.9 Å². The molecule has 0 radical (unpaired) electrons. The molecule has 1 amide bonds. The van der Waals surface area contributed by atoms with Crippen molar-refractivity contribution in [2.45, 2.75) is 32.9 Å². The van der Waals surface area contributed by atoms with E-state index in [9.17, 15) is 4.79 Å². The maximum Gasteiger partial charge on any atom is 0.242 e. The standard InChI is InChI=1S/C20H24ClN7O2S/c1-2-3-16-23-24-20(31)28(16)13-18(29)27-10-8-26(9-11-27)12-17-22-19(25-30-17)14-4-6-15(21)7-5-14/h4-7H,2-3,8-13H2,1H3,(H,24,31). The van der Waals surface area contributed by atoms with Crippen LogP contribution in [0, 0.1) is 4.77 Å². The summed E-state index contributed by atoms with van der Waals surface area (Å²) >= 11 is 11.2. The SMILES string of the molecule is CCCc1n[nH]c(=S)n1CC(=O)N1CCN(Cc2nc(-c3ccc(Cl)cc3)no2)CC1. The largest absolute Gasteiger partial charge is 0.339 e. The number of aryl methyl sites for hydroxylation is 1. The lowest BCUT2D eigenvalue weighted by Gasteiger charge is -2.34. The van der Waals surface area contributed by atoms with Crippen molar-refractivity contribution < 1.29 is 9.32 Å². The minimum Gasteiger partial charge on any atom is -0.339 e. The van der Waals surface area contributed by atoms with E-state index in [1.165, 1.54) is 0 Å². The molecule has 9 nitrogen and oxygen atoms in total. The van der Waals surface area contributed by atoms with Crippen LogP contribution in [-0.2, 0) is 24.3 Å². The number of piperazine rings is 1. The van der Waals surface area contributed by atoms with Gasteiger partial charge in [0, 0.05) is 43.2 Å². The Balaban J connectivity index is 1.30. The van der Waals surface area contributed by atoms with E-state index in [-0.39, 0.29) is 12.5 Å². The first kappa shape index (κ1) is 21.7. The highest BCUT2D eigenvalue weighted by molar-refractivity contribution is 7.71. The number of hydrogen-bond donors (Lipinski definition) is 1. The van der Waals surface area contributed by atoms with Crippen molar-refractivity contribution in [1.29, 1.82) is 0 Å². The van der Waals surface area contributed by atoms with Crippen molar-refractivity contribution in [2.24, 2.45) is 0 Å². The zero-order valence-corrected chi connectivity index (χ0v) is 18.8. The first-order valence-corrected chi connectivity index (χ1v) is 11.0. The summed E-state index contributed by atoms with van der Waals surface area (Å²) in [5.41, 5.74) is 0.857. The van der Waals surface area contributed by atoms with Crippen molar-refractivity contribution in [3.05, 3.63) is 45.8 Å². The molecule has 3 heterocycles. The van der Waals surface area contributed by atoms with Crippen LogP contribution < -0.4 is 0 Å². The van der Waals surface area contributed by atoms with Gasteiger partial charge in [0.15, 0.2) is 4.77 Å². The lowest BCUT2D eigenvalue weighted by molar-refractivity contribution is -0.133. The van der Waals surface area contributed by atoms with Crippen molar-refractivity contribution in [2.75, 3.05) is 26.2 Å². The summed E-state index contributed by atoms with van der Waals surface area (Å²) in [5, 5.41) is 11.7. The molecule has 3 aromatic rings. The van der Waals surface area contributed by atoms with Crippen LogP contribution >= 0.6 is 23.8 Å². The molecule has 31 heavy (non-hydrogen) atoms. The van der Waals surface area contributed by atoms with Crippen LogP contribution in [0.25, 0.3) is 11.4 Å². The van der Waals surface area contributed by atoms with Crippen LogP contribution in [0.2, 0.25) is 5.02 Å². The minimum absolute atomic E-state index is 0.0531. The summed E-state index contributed by atoms with van der Waals surface area (Å²) in [6.07, 6.45) is 1.73. The highest BCUT2D eigenvalue weighted by Gasteiger charge is 2.23. The molecular formula is C20H24ClN7O2S. The average Bonchev–Trinajstić information content (AvgIpc) is 3.37. The van der Waals surface area contributed by atoms with E-state index < -0.39 is 0 Å². The van der Waals surface area contributed by atoms with E-state index in [4.69, 9.17) is 28.3 Å². The Morgan fingerprint density at radius 2 is 1.97 bits per heavy atom. The van der Waals surface area contributed by atoms with Crippen LogP contribution in [0.3, 0.4) is 0 Å². The quantitative estimate of drug-likeness (QED) is 0.540. The van der Waals surface area contributed by atoms with Crippen LogP contribution in [0.15, 0.2) is 28.8 Å². The molecule has 11 heteroatoms. The van der Waals surface area contributed by atoms with Crippen molar-refractivity contribution in [1.82, 2.24) is 34.7 Å². The fraction of sp³-hybridized carbons (Fsp3) is 0.450. The number of rotatable bonds is 7. The lowest BCUT2D eigenvalue weighted by atomic mass is 10.2. The zero-order chi connectivity index (χ0) is 21.8. The second-order valence-electron chi connectivity index (χ2n) is 7.46. The predicted molar refractivity (Wildman–Crippen MR) is 118 cm³/mol. The number of carbonyl (C=O) groups is 1. The summed E-state index contributed by atoms with van der Waals surface area (Å²) < 4.78 is 7.69. The number of amides is 1. The monoisotopic (exact) mass is 461 g/mol. The molecule has 0 spiro atoms. The summed E-state index contributed by atoms with van der Waals surface area (Å²) in [7, 11) is 0. The van der Waals surface area contributed by atoms with Gasteiger partial charge < -0.3 is 9.42 Å². The Hall–Kier alpha value is -2.56. The van der Waals surface area contributed by atoms with Crippen molar-refractivity contribution >= 4 is 29.7 Å². The normalized spacial score (nSPS) is 14.8. The Morgan fingerprint density at radius 3 is 2.68 bits per heavy atom. The molecular weight excluding hydrogens is 438 g/mol. The summed E-state index contributed by atoms with van der Waals surface area (Å²) in [4.78, 5) is 21.3. The van der Waals surface area contributed by atoms with E-state index in [2.05, 4.69) is 32.2 Å². The Kier molecular flexibility index (Phi) is 6.79. The molecule has 0 saturated carbocycles. The highest BCUT2D eigenvalue weighted by Crippen LogP contribution is 2.19. The van der Waals surface area contributed by atoms with Gasteiger partial charge in [-0.25, -0.2) is 0 Å². The summed E-state index contributed by atoms with van der Waals surface area (Å²) in [6, 6.07) is 7.31. The zero-order valence-electron chi connectivity index (χ0n) is 17.3. The van der Waals surface area contributed by atoms with Gasteiger partial charge in [-0.1, -0.05) is 23.7 Å². The Bertz CT molecular complexity index is 1080. The van der Waals surface area contributed by atoms with Gasteiger partial charge in [-0.3, -0.25) is 19.4 Å². The van der Waals surface area contributed by atoms with E-state index in [1.54, 1.807) is 16.7 Å². The third-order valence-electron chi connectivity index (χ3n) is 5.26. The first-order chi connectivity index (χ1) is 15.0. The fourth-order valence-electron chi connectivity index (χ4n) is 3.55. The van der Waals surface area contributed by atoms with Gasteiger partial charge in [0.1, 0.15) is 12.4 Å². The predicted octanol–water partition coefficient (Wildman–Crippen LogP) is 2.94. The molecule has 164 valence electrons. The smallest absolute Gasteiger partial charge is 0.242 e. The lowest BCUT2D eigenvalue weighted by Crippen LogP contribution is -2.49. The molecule has 0 atom stereocenters. The van der Waals surface area contributed by atoms with E-state index in [1.807, 2.05) is 17.0 Å². The molecule has 2 aromatic heterocycles. The molecule has 4 rings (SSSR count). The maximum atomic E-state index is 12.8. The molecule has 1 aromatic carbocycles. The number of nitrogens with zero attached hydrogens (tertiary/aromatic N) is 6. The summed E-state index contributed by atoms with van der Waals surface area (Å²) in [6.45, 7) is 5.61. The number of H-pyrrole nitrogens is 1. The highest BCUT2D eigenvalue weighted by atomic mass is 35.5. The summed E-state index contributed by atoms with van der Waals surface area (Å²) in [5.74, 6) is 1.98. The van der Waals surface area contributed by atoms with Crippen molar-refractivity contribution in [3.63, 3.8) is 0 Å². The van der Waals surface area contributed by atoms with E-state index in [0.717, 1.165) is 37.3 Å². The van der Waals surface area contributed by atoms with Gasteiger partial charge in [0.25, 0.3) is 0 Å². The Morgan fingerprint density at radius 1 is 1.23 bits per heavy atom. The number of hydrogen-bond acceptors (Lipinski definition) is 7. The molecule has 1 aliphatic heterocycles. The second kappa shape index (κ2) is 9.71. The number of aromatic amines is 1. The topological polar surface area (TPSA) is 96.1 Å². The van der Waals surface area contributed by atoms with E-state index in [0.29, 0.717) is 41.1 Å². The van der Waals surface area contributed by atoms with Crippen LogP contribution in [0.5, 0.6) is 0 Å². The number of benzene rings is 1. The molecule has 0 bridgehead atoms. The van der Waals surface area contributed by atoms with Gasteiger partial charge >= 0.3 is 0 Å². The molecule has 0 aliphatic carbocycles. The van der Waals surface area contributed by atoms with Crippen LogP contribution in [-0.4, -0.2) is 66.8 Å². The number of nitrogens with one attached hydrogen (secondary N) is 1. The average molecular weight is 462 g/mol. The van der Waals surface area contributed by atoms with Crippen molar-refractivity contribution in [3.8, 4) is 11.4 Å². The molecule has 1 fully saturated rings. The fourth-order valence-corrected chi connectivity index (χ4v) is 3.89. The van der Waals surface area contributed by atoms with Crippen LogP contribution in [0.4, 0.5) is 0 Å². The minimum atomic E-state index is 0.0531. The number of carbonyl (C=O) groups excluding carboxylic acids is 1. The molecule has 1 N–H and O–H groups in total. The number of halogens is 1. The second-order valence-corrected chi connectivity index (χ2v) is 8.28. The van der Waals surface area contributed by atoms with E-state index >= 15 is 0 Å². The van der Waals surface area contributed by atoms with Gasteiger partial charge in [0.2, 0.25) is 17.6 Å². The third kappa shape index (κ3) is 5.20. The molecule has 0 unspecified atom stereocenters. The maximum absolute atomic E-state index is 12.8. The molecule has 1 saturated heterocycles. The van der Waals surface area contributed by atoms with Gasteiger partial charge in [0.05, 0.1) is 6.54 Å². The Labute approximate surface area is 190 Å². The third-order valence-corrected chi connectivity index (χ3v) is 5.82. The molecule has 1 aliphatic rings. The van der Waals surface area contributed by atoms with Gasteiger partial charge in [-0.15, -0.1) is 0 Å².